The second-order valence-corrected chi connectivity index (χ2v) is 5.70. The van der Waals surface area contributed by atoms with Gasteiger partial charge in [0.1, 0.15) is 4.99 Å². The van der Waals surface area contributed by atoms with Crippen LogP contribution in [0.25, 0.3) is 0 Å². The van der Waals surface area contributed by atoms with E-state index in [1.54, 1.807) is 7.05 Å². The molecule has 2 rings (SSSR count). The first kappa shape index (κ1) is 14.8. The van der Waals surface area contributed by atoms with E-state index in [1.807, 2.05) is 13.0 Å². The number of nitrogens with zero attached hydrogens (tertiary/aromatic N) is 1. The van der Waals surface area contributed by atoms with Crippen molar-refractivity contribution in [1.29, 1.82) is 0 Å². The van der Waals surface area contributed by atoms with Gasteiger partial charge in [-0.3, -0.25) is 4.79 Å². The van der Waals surface area contributed by atoms with Gasteiger partial charge in [0, 0.05) is 37.3 Å². The second kappa shape index (κ2) is 6.22. The van der Waals surface area contributed by atoms with Crippen LogP contribution in [-0.2, 0) is 4.79 Å². The standard InChI is InChI=1S/C15H21N3OS/c1-10-3-4-13(12(9-10)14(16)20)18-7-5-11(6-8-18)15(19)17-2/h3-4,9,11H,5-8H2,1-2H3,(H2,16,20)(H,17,19). The average Bonchev–Trinajstić information content (AvgIpc) is 2.46. The topological polar surface area (TPSA) is 58.4 Å². The first-order chi connectivity index (χ1) is 9.52. The van der Waals surface area contributed by atoms with Gasteiger partial charge in [0.15, 0.2) is 0 Å². The number of rotatable bonds is 3. The molecular formula is C15H21N3OS. The van der Waals surface area contributed by atoms with Crippen molar-refractivity contribution in [2.24, 2.45) is 11.7 Å². The van der Waals surface area contributed by atoms with Gasteiger partial charge in [-0.1, -0.05) is 23.8 Å². The Morgan fingerprint density at radius 3 is 2.60 bits per heavy atom. The molecule has 4 nitrogen and oxygen atoms in total. The zero-order valence-corrected chi connectivity index (χ0v) is 12.8. The summed E-state index contributed by atoms with van der Waals surface area (Å²) in [6, 6.07) is 6.18. The summed E-state index contributed by atoms with van der Waals surface area (Å²) in [5.74, 6) is 0.262. The van der Waals surface area contributed by atoms with Crippen LogP contribution in [0.3, 0.4) is 0 Å². The summed E-state index contributed by atoms with van der Waals surface area (Å²) in [7, 11) is 1.69. The van der Waals surface area contributed by atoms with E-state index in [4.69, 9.17) is 18.0 Å². The van der Waals surface area contributed by atoms with Crippen LogP contribution >= 0.6 is 12.2 Å². The molecule has 0 unspecified atom stereocenters. The summed E-state index contributed by atoms with van der Waals surface area (Å²) < 4.78 is 0. The molecule has 108 valence electrons. The Balaban J connectivity index is 2.15. The molecule has 20 heavy (non-hydrogen) atoms. The Hall–Kier alpha value is -1.62. The molecule has 0 saturated carbocycles. The second-order valence-electron chi connectivity index (χ2n) is 5.26. The van der Waals surface area contributed by atoms with Crippen molar-refractivity contribution in [1.82, 2.24) is 5.32 Å². The molecule has 1 heterocycles. The van der Waals surface area contributed by atoms with Gasteiger partial charge in [0.05, 0.1) is 0 Å². The van der Waals surface area contributed by atoms with Crippen molar-refractivity contribution in [3.8, 4) is 0 Å². The lowest BCUT2D eigenvalue weighted by Crippen LogP contribution is -2.40. The van der Waals surface area contributed by atoms with E-state index in [0.29, 0.717) is 4.99 Å². The quantitative estimate of drug-likeness (QED) is 0.830. The van der Waals surface area contributed by atoms with Gasteiger partial charge < -0.3 is 16.0 Å². The number of nitrogens with one attached hydrogen (secondary N) is 1. The lowest BCUT2D eigenvalue weighted by atomic mass is 9.95. The van der Waals surface area contributed by atoms with Gasteiger partial charge in [-0.15, -0.1) is 0 Å². The highest BCUT2D eigenvalue weighted by atomic mass is 32.1. The zero-order chi connectivity index (χ0) is 14.7. The molecule has 1 aliphatic rings. The van der Waals surface area contributed by atoms with Crippen molar-refractivity contribution < 1.29 is 4.79 Å². The average molecular weight is 291 g/mol. The summed E-state index contributed by atoms with van der Waals surface area (Å²) >= 11 is 5.15. The van der Waals surface area contributed by atoms with Gasteiger partial charge >= 0.3 is 0 Å². The highest BCUT2D eigenvalue weighted by Gasteiger charge is 2.25. The summed E-state index contributed by atoms with van der Waals surface area (Å²) in [6.07, 6.45) is 1.73. The number of piperidine rings is 1. The largest absolute Gasteiger partial charge is 0.389 e. The molecule has 5 heteroatoms. The van der Waals surface area contributed by atoms with Crippen LogP contribution < -0.4 is 16.0 Å². The van der Waals surface area contributed by atoms with E-state index in [1.165, 1.54) is 0 Å². The third-order valence-corrected chi connectivity index (χ3v) is 4.09. The molecule has 0 atom stereocenters. The lowest BCUT2D eigenvalue weighted by Gasteiger charge is -2.34. The number of amides is 1. The van der Waals surface area contributed by atoms with Crippen LogP contribution in [0.5, 0.6) is 0 Å². The Morgan fingerprint density at radius 1 is 1.40 bits per heavy atom. The first-order valence-corrected chi connectivity index (χ1v) is 7.30. The van der Waals surface area contributed by atoms with Gasteiger partial charge in [-0.2, -0.15) is 0 Å². The van der Waals surface area contributed by atoms with E-state index in [9.17, 15) is 4.79 Å². The predicted molar refractivity (Wildman–Crippen MR) is 86.1 cm³/mol. The first-order valence-electron chi connectivity index (χ1n) is 6.90. The van der Waals surface area contributed by atoms with E-state index in [-0.39, 0.29) is 11.8 Å². The van der Waals surface area contributed by atoms with Crippen molar-refractivity contribution in [2.75, 3.05) is 25.0 Å². The predicted octanol–water partition coefficient (Wildman–Crippen LogP) is 1.59. The summed E-state index contributed by atoms with van der Waals surface area (Å²) in [5, 5.41) is 2.73. The fraction of sp³-hybridized carbons (Fsp3) is 0.467. The molecule has 0 radical (unpaired) electrons. The van der Waals surface area contributed by atoms with E-state index in [0.717, 1.165) is 42.7 Å². The Morgan fingerprint density at radius 2 is 2.05 bits per heavy atom. The van der Waals surface area contributed by atoms with Crippen LogP contribution in [0.15, 0.2) is 18.2 Å². The van der Waals surface area contributed by atoms with Crippen LogP contribution in [0.4, 0.5) is 5.69 Å². The number of aryl methyl sites for hydroxylation is 1. The van der Waals surface area contributed by atoms with Gasteiger partial charge in [-0.25, -0.2) is 0 Å². The monoisotopic (exact) mass is 291 g/mol. The van der Waals surface area contributed by atoms with E-state index in [2.05, 4.69) is 22.3 Å². The van der Waals surface area contributed by atoms with Crippen LogP contribution in [0.1, 0.15) is 24.0 Å². The normalized spacial score (nSPS) is 16.0. The molecule has 1 fully saturated rings. The molecule has 0 bridgehead atoms. The summed E-state index contributed by atoms with van der Waals surface area (Å²) in [5.41, 5.74) is 8.99. The third-order valence-electron chi connectivity index (χ3n) is 3.87. The van der Waals surface area contributed by atoms with Gasteiger partial charge in [0.2, 0.25) is 5.91 Å². The molecular weight excluding hydrogens is 270 g/mol. The van der Waals surface area contributed by atoms with E-state index < -0.39 is 0 Å². The maximum absolute atomic E-state index is 11.7. The SMILES string of the molecule is CNC(=O)C1CCN(c2ccc(C)cc2C(N)=S)CC1. The molecule has 1 aromatic carbocycles. The minimum Gasteiger partial charge on any atom is -0.389 e. The van der Waals surface area contributed by atoms with Crippen molar-refractivity contribution in [3.05, 3.63) is 29.3 Å². The lowest BCUT2D eigenvalue weighted by molar-refractivity contribution is -0.125. The van der Waals surface area contributed by atoms with Crippen LogP contribution in [0, 0.1) is 12.8 Å². The number of anilines is 1. The molecule has 1 aromatic rings. The Bertz CT molecular complexity index is 522. The molecule has 0 spiro atoms. The number of carbonyl (C=O) groups excluding carboxylic acids is 1. The minimum absolute atomic E-state index is 0.120. The van der Waals surface area contributed by atoms with Gasteiger partial charge in [0.25, 0.3) is 0 Å². The highest BCUT2D eigenvalue weighted by molar-refractivity contribution is 7.80. The fourth-order valence-electron chi connectivity index (χ4n) is 2.71. The van der Waals surface area contributed by atoms with Crippen molar-refractivity contribution >= 4 is 28.8 Å². The number of benzene rings is 1. The van der Waals surface area contributed by atoms with Crippen LogP contribution in [0.2, 0.25) is 0 Å². The number of carbonyl (C=O) groups is 1. The van der Waals surface area contributed by atoms with Crippen molar-refractivity contribution in [2.45, 2.75) is 19.8 Å². The Kier molecular flexibility index (Phi) is 4.60. The smallest absolute Gasteiger partial charge is 0.222 e. The van der Waals surface area contributed by atoms with Gasteiger partial charge in [-0.05, 0) is 31.9 Å². The molecule has 0 aromatic heterocycles. The number of hydrogen-bond acceptors (Lipinski definition) is 3. The molecule has 0 aliphatic carbocycles. The third kappa shape index (κ3) is 3.10. The number of nitrogens with two attached hydrogens (primary N) is 1. The maximum Gasteiger partial charge on any atom is 0.222 e. The van der Waals surface area contributed by atoms with E-state index >= 15 is 0 Å². The molecule has 3 N–H and O–H groups in total. The van der Waals surface area contributed by atoms with Crippen LogP contribution in [-0.4, -0.2) is 31.0 Å². The molecule has 1 saturated heterocycles. The number of thiocarbonyl (C=S) groups is 1. The number of hydrogen-bond donors (Lipinski definition) is 2. The summed E-state index contributed by atoms with van der Waals surface area (Å²) in [4.78, 5) is 14.4. The zero-order valence-electron chi connectivity index (χ0n) is 12.0. The highest BCUT2D eigenvalue weighted by Crippen LogP contribution is 2.27. The molecule has 1 amide bonds. The molecule has 1 aliphatic heterocycles. The minimum atomic E-state index is 0.120. The fourth-order valence-corrected chi connectivity index (χ4v) is 2.87. The van der Waals surface area contributed by atoms with Crippen molar-refractivity contribution in [3.63, 3.8) is 0 Å². The Labute approximate surface area is 125 Å². The maximum atomic E-state index is 11.7. The summed E-state index contributed by atoms with van der Waals surface area (Å²) in [6.45, 7) is 3.75.